The lowest BCUT2D eigenvalue weighted by molar-refractivity contribution is 0.185. The van der Waals surface area contributed by atoms with Crippen molar-refractivity contribution in [3.8, 4) is 5.75 Å². The van der Waals surface area contributed by atoms with Gasteiger partial charge in [-0.3, -0.25) is 0 Å². The van der Waals surface area contributed by atoms with Crippen LogP contribution >= 0.6 is 0 Å². The largest absolute Gasteiger partial charge is 0.496 e. The van der Waals surface area contributed by atoms with Gasteiger partial charge in [-0.2, -0.15) is 0 Å². The quantitative estimate of drug-likeness (QED) is 0.768. The zero-order valence-corrected chi connectivity index (χ0v) is 12.6. The highest BCUT2D eigenvalue weighted by Crippen LogP contribution is 2.33. The van der Waals surface area contributed by atoms with Crippen molar-refractivity contribution in [2.24, 2.45) is 0 Å². The van der Waals surface area contributed by atoms with Gasteiger partial charge in [0, 0.05) is 12.7 Å². The van der Waals surface area contributed by atoms with Crippen LogP contribution in [0.5, 0.6) is 5.75 Å². The molecule has 1 atom stereocenters. The molecule has 0 aromatic heterocycles. The van der Waals surface area contributed by atoms with Gasteiger partial charge in [-0.1, -0.05) is 30.3 Å². The molecule has 2 rings (SSSR count). The van der Waals surface area contributed by atoms with Crippen LogP contribution < -0.4 is 4.74 Å². The van der Waals surface area contributed by atoms with E-state index < -0.39 is 0 Å². The monoisotopic (exact) mass is 281 g/mol. The number of hydrogen-bond donors (Lipinski definition) is 0. The molecule has 0 saturated heterocycles. The van der Waals surface area contributed by atoms with E-state index in [-0.39, 0.29) is 6.04 Å². The van der Waals surface area contributed by atoms with E-state index in [4.69, 9.17) is 16.0 Å². The second-order valence-corrected chi connectivity index (χ2v) is 4.95. The summed E-state index contributed by atoms with van der Waals surface area (Å²) in [6.45, 7) is 10.1. The van der Waals surface area contributed by atoms with Gasteiger partial charge < -0.3 is 14.3 Å². The molecule has 0 aliphatic heterocycles. The van der Waals surface area contributed by atoms with Gasteiger partial charge in [0.2, 0.25) is 0 Å². The fraction of sp³-hybridized carbons (Fsp3) is 0.278. The Morgan fingerprint density at radius 2 is 1.81 bits per heavy atom. The van der Waals surface area contributed by atoms with E-state index in [0.29, 0.717) is 6.61 Å². The van der Waals surface area contributed by atoms with Crippen LogP contribution in [-0.4, -0.2) is 14.2 Å². The van der Waals surface area contributed by atoms with Gasteiger partial charge in [0.1, 0.15) is 5.75 Å². The number of ether oxygens (including phenoxy) is 2. The summed E-state index contributed by atoms with van der Waals surface area (Å²) in [4.78, 5) is 3.78. The topological polar surface area (TPSA) is 22.8 Å². The molecule has 0 heterocycles. The first-order valence-electron chi connectivity index (χ1n) is 6.78. The highest BCUT2D eigenvalue weighted by Gasteiger charge is 2.22. The fourth-order valence-corrected chi connectivity index (χ4v) is 2.33. The number of benzene rings is 2. The smallest absolute Gasteiger partial charge is 0.277 e. The maximum atomic E-state index is 7.54. The number of aryl methyl sites for hydroxylation is 1. The lowest BCUT2D eigenvalue weighted by Crippen LogP contribution is -2.00. The average Bonchev–Trinajstić information content (AvgIpc) is 2.51. The van der Waals surface area contributed by atoms with Crippen molar-refractivity contribution >= 4 is 0 Å². The van der Waals surface area contributed by atoms with Crippen molar-refractivity contribution in [1.82, 2.24) is 0 Å². The maximum Gasteiger partial charge on any atom is 0.277 e. The standard InChI is InChI=1S/C18H19NO2/c1-13-5-10-16(17(11-13)21-4)18(19-2)15-8-6-14(7-9-15)12-20-3/h5-11,18H,12H2,1,3-4H3. The summed E-state index contributed by atoms with van der Waals surface area (Å²) in [5.74, 6) is 0.761. The minimum absolute atomic E-state index is 0.350. The summed E-state index contributed by atoms with van der Waals surface area (Å²) < 4.78 is 10.5. The SMILES string of the molecule is [C-]#[N+]C(c1ccc(COC)cc1)c1ccc(C)cc1OC. The van der Waals surface area contributed by atoms with E-state index in [9.17, 15) is 0 Å². The lowest BCUT2D eigenvalue weighted by Gasteiger charge is -2.12. The minimum Gasteiger partial charge on any atom is -0.496 e. The molecule has 0 aliphatic rings. The first-order valence-corrected chi connectivity index (χ1v) is 6.78. The summed E-state index contributed by atoms with van der Waals surface area (Å²) in [7, 11) is 3.31. The van der Waals surface area contributed by atoms with E-state index in [1.54, 1.807) is 14.2 Å². The summed E-state index contributed by atoms with van der Waals surface area (Å²) >= 11 is 0. The molecule has 1 unspecified atom stereocenters. The Bertz CT molecular complexity index is 641. The highest BCUT2D eigenvalue weighted by molar-refractivity contribution is 5.45. The molecule has 21 heavy (non-hydrogen) atoms. The first kappa shape index (κ1) is 15.1. The van der Waals surface area contributed by atoms with Crippen LogP contribution in [0.15, 0.2) is 42.5 Å². The normalized spacial score (nSPS) is 11.7. The Balaban J connectivity index is 2.38. The third-order valence-electron chi connectivity index (χ3n) is 3.42. The van der Waals surface area contributed by atoms with Gasteiger partial charge in [-0.05, 0) is 30.2 Å². The second-order valence-electron chi connectivity index (χ2n) is 4.95. The van der Waals surface area contributed by atoms with E-state index in [2.05, 4.69) is 4.85 Å². The molecule has 0 fully saturated rings. The molecule has 3 nitrogen and oxygen atoms in total. The van der Waals surface area contributed by atoms with E-state index in [1.165, 1.54) is 0 Å². The summed E-state index contributed by atoms with van der Waals surface area (Å²) in [5, 5.41) is 0. The van der Waals surface area contributed by atoms with Crippen LogP contribution in [0.25, 0.3) is 4.85 Å². The van der Waals surface area contributed by atoms with Crippen LogP contribution in [0.4, 0.5) is 0 Å². The average molecular weight is 281 g/mol. The predicted octanol–water partition coefficient (Wildman–Crippen LogP) is 4.16. The van der Waals surface area contributed by atoms with Gasteiger partial charge in [0.25, 0.3) is 6.04 Å². The van der Waals surface area contributed by atoms with Crippen molar-refractivity contribution in [1.29, 1.82) is 0 Å². The Morgan fingerprint density at radius 1 is 1.10 bits per heavy atom. The molecule has 0 N–H and O–H groups in total. The van der Waals surface area contributed by atoms with Crippen molar-refractivity contribution < 1.29 is 9.47 Å². The predicted molar refractivity (Wildman–Crippen MR) is 83.3 cm³/mol. The third-order valence-corrected chi connectivity index (χ3v) is 3.42. The number of hydrogen-bond acceptors (Lipinski definition) is 2. The minimum atomic E-state index is -0.350. The van der Waals surface area contributed by atoms with Crippen LogP contribution in [0.3, 0.4) is 0 Å². The molecule has 0 bridgehead atoms. The van der Waals surface area contributed by atoms with Gasteiger partial charge in [-0.15, -0.1) is 0 Å². The maximum absolute atomic E-state index is 7.54. The fourth-order valence-electron chi connectivity index (χ4n) is 2.33. The molecule has 0 aliphatic carbocycles. The summed E-state index contributed by atoms with van der Waals surface area (Å²) in [6.07, 6.45) is 0. The van der Waals surface area contributed by atoms with Crippen LogP contribution in [0.2, 0.25) is 0 Å². The highest BCUT2D eigenvalue weighted by atomic mass is 16.5. The van der Waals surface area contributed by atoms with E-state index in [0.717, 1.165) is 28.0 Å². The number of rotatable bonds is 5. The van der Waals surface area contributed by atoms with Gasteiger partial charge in [0.05, 0.1) is 19.3 Å². The van der Waals surface area contributed by atoms with Gasteiger partial charge >= 0.3 is 0 Å². The first-order chi connectivity index (χ1) is 10.2. The Kier molecular flexibility index (Phi) is 4.97. The van der Waals surface area contributed by atoms with Crippen molar-refractivity contribution in [3.63, 3.8) is 0 Å². The van der Waals surface area contributed by atoms with E-state index in [1.807, 2.05) is 49.4 Å². The van der Waals surface area contributed by atoms with Crippen LogP contribution in [0, 0.1) is 13.5 Å². The molecule has 2 aromatic carbocycles. The molecular formula is C18H19NO2. The van der Waals surface area contributed by atoms with Crippen LogP contribution in [0.1, 0.15) is 28.3 Å². The molecule has 2 aromatic rings. The van der Waals surface area contributed by atoms with Crippen molar-refractivity contribution in [2.75, 3.05) is 14.2 Å². The molecular weight excluding hydrogens is 262 g/mol. The van der Waals surface area contributed by atoms with Crippen LogP contribution in [-0.2, 0) is 11.3 Å². The van der Waals surface area contributed by atoms with Crippen molar-refractivity contribution in [2.45, 2.75) is 19.6 Å². The Hall–Kier alpha value is -2.31. The van der Waals surface area contributed by atoms with Gasteiger partial charge in [0.15, 0.2) is 0 Å². The number of nitrogens with zero attached hydrogens (tertiary/aromatic N) is 1. The molecule has 0 amide bonds. The molecule has 108 valence electrons. The summed E-state index contributed by atoms with van der Waals surface area (Å²) in [6, 6.07) is 13.6. The molecule has 0 radical (unpaired) electrons. The second kappa shape index (κ2) is 6.92. The molecule has 3 heteroatoms. The zero-order chi connectivity index (χ0) is 15.2. The zero-order valence-electron chi connectivity index (χ0n) is 12.6. The Morgan fingerprint density at radius 3 is 2.38 bits per heavy atom. The summed E-state index contributed by atoms with van der Waals surface area (Å²) in [5.41, 5.74) is 4.08. The molecule has 0 saturated carbocycles. The number of methoxy groups -OCH3 is 2. The molecule has 0 spiro atoms. The van der Waals surface area contributed by atoms with Gasteiger partial charge in [-0.25, -0.2) is 6.57 Å². The third kappa shape index (κ3) is 3.42. The van der Waals surface area contributed by atoms with E-state index >= 15 is 0 Å². The Labute approximate surface area is 126 Å². The lowest BCUT2D eigenvalue weighted by atomic mass is 9.96. The van der Waals surface area contributed by atoms with Crippen molar-refractivity contribution in [3.05, 3.63) is 76.1 Å².